The predicted molar refractivity (Wildman–Crippen MR) is 129 cm³/mol. The van der Waals surface area contributed by atoms with E-state index in [1.54, 1.807) is 24.3 Å². The van der Waals surface area contributed by atoms with Crippen molar-refractivity contribution >= 4 is 11.9 Å². The molecule has 0 amide bonds. The van der Waals surface area contributed by atoms with Crippen molar-refractivity contribution in [1.82, 2.24) is 0 Å². The van der Waals surface area contributed by atoms with E-state index < -0.39 is 23.8 Å². The van der Waals surface area contributed by atoms with Crippen LogP contribution in [0.25, 0.3) is 0 Å². The van der Waals surface area contributed by atoms with Crippen LogP contribution >= 0.6 is 0 Å². The van der Waals surface area contributed by atoms with Crippen LogP contribution in [0.3, 0.4) is 0 Å². The lowest BCUT2D eigenvalue weighted by molar-refractivity contribution is -0.161. The second-order valence-electron chi connectivity index (χ2n) is 8.39. The first-order chi connectivity index (χ1) is 16.7. The maximum Gasteiger partial charge on any atom is 0.315 e. The van der Waals surface area contributed by atoms with Crippen molar-refractivity contribution in [1.29, 1.82) is 0 Å². The Morgan fingerprint density at radius 2 is 0.735 bits per heavy atom. The summed E-state index contributed by atoms with van der Waals surface area (Å²) in [6, 6.07) is 37.6. The molecule has 4 atom stereocenters. The summed E-state index contributed by atoms with van der Waals surface area (Å²) in [6.45, 7) is 0. The molecule has 1 aliphatic rings. The third-order valence-electron chi connectivity index (χ3n) is 6.38. The topological polar surface area (TPSA) is 52.6 Å². The summed E-state index contributed by atoms with van der Waals surface area (Å²) >= 11 is 0. The van der Waals surface area contributed by atoms with Gasteiger partial charge in [-0.1, -0.05) is 97.1 Å². The van der Waals surface area contributed by atoms with Gasteiger partial charge in [0.05, 0.1) is 11.8 Å². The minimum atomic E-state index is -0.677. The van der Waals surface area contributed by atoms with Gasteiger partial charge in [0.1, 0.15) is 11.5 Å². The summed E-state index contributed by atoms with van der Waals surface area (Å²) in [5.74, 6) is -1.73. The Kier molecular flexibility index (Phi) is 6.21. The Balaban J connectivity index is 1.53. The molecule has 168 valence electrons. The fraction of sp³-hybridized carbons (Fsp3) is 0.133. The van der Waals surface area contributed by atoms with Crippen LogP contribution in [0.2, 0.25) is 0 Å². The number of esters is 2. The Morgan fingerprint density at radius 1 is 0.441 bits per heavy atom. The molecular weight excluding hydrogens is 424 g/mol. The number of benzene rings is 4. The van der Waals surface area contributed by atoms with Gasteiger partial charge in [-0.3, -0.25) is 9.59 Å². The molecule has 1 aliphatic carbocycles. The maximum atomic E-state index is 13.5. The van der Waals surface area contributed by atoms with Gasteiger partial charge in [-0.2, -0.15) is 0 Å². The summed E-state index contributed by atoms with van der Waals surface area (Å²) in [7, 11) is 0. The summed E-state index contributed by atoms with van der Waals surface area (Å²) < 4.78 is 11.5. The van der Waals surface area contributed by atoms with Gasteiger partial charge < -0.3 is 9.47 Å². The van der Waals surface area contributed by atoms with E-state index in [1.165, 1.54) is 0 Å². The highest BCUT2D eigenvalue weighted by Crippen LogP contribution is 2.58. The monoisotopic (exact) mass is 448 g/mol. The normalized spacial score (nSPS) is 21.2. The van der Waals surface area contributed by atoms with Crippen LogP contribution in [0.15, 0.2) is 121 Å². The van der Waals surface area contributed by atoms with Crippen molar-refractivity contribution in [3.05, 3.63) is 132 Å². The lowest BCUT2D eigenvalue weighted by atomic mass is 9.52. The van der Waals surface area contributed by atoms with E-state index in [2.05, 4.69) is 0 Å². The molecule has 0 radical (unpaired) electrons. The fourth-order valence-corrected chi connectivity index (χ4v) is 4.86. The predicted octanol–water partition coefficient (Wildman–Crippen LogP) is 6.01. The van der Waals surface area contributed by atoms with Crippen LogP contribution in [0, 0.1) is 11.8 Å². The molecule has 1 fully saturated rings. The first kappa shape index (κ1) is 21.7. The van der Waals surface area contributed by atoms with Gasteiger partial charge in [0.15, 0.2) is 0 Å². The Labute approximate surface area is 198 Å². The summed E-state index contributed by atoms with van der Waals surface area (Å²) in [4.78, 5) is 27.0. The number of para-hydroxylation sites is 2. The van der Waals surface area contributed by atoms with E-state index in [0.717, 1.165) is 11.1 Å². The van der Waals surface area contributed by atoms with Gasteiger partial charge in [-0.15, -0.1) is 0 Å². The lowest BCUT2D eigenvalue weighted by Crippen LogP contribution is -2.53. The molecular formula is C30H24O4. The average molecular weight is 449 g/mol. The number of ether oxygens (including phenoxy) is 2. The first-order valence-electron chi connectivity index (χ1n) is 11.4. The summed E-state index contributed by atoms with van der Waals surface area (Å²) in [5.41, 5.74) is 1.99. The minimum absolute atomic E-state index is 0.215. The van der Waals surface area contributed by atoms with Gasteiger partial charge >= 0.3 is 11.9 Å². The van der Waals surface area contributed by atoms with Crippen LogP contribution in [0.4, 0.5) is 0 Å². The van der Waals surface area contributed by atoms with Gasteiger partial charge in [-0.05, 0) is 35.4 Å². The van der Waals surface area contributed by atoms with E-state index in [4.69, 9.17) is 9.47 Å². The standard InChI is InChI=1S/C30H24O4/c31-29(33-23-17-9-3-10-18-23)27-25(21-13-5-1-6-14-21)26(22-15-7-2-8-16-22)28(27)30(32)34-24-19-11-4-12-20-24/h1-20,25-28H/t25-,26+,27+,28-. The molecule has 4 nitrogen and oxygen atoms in total. The van der Waals surface area contributed by atoms with Gasteiger partial charge in [0.2, 0.25) is 0 Å². The number of hydrogen-bond donors (Lipinski definition) is 0. The molecule has 0 aliphatic heterocycles. The highest BCUT2D eigenvalue weighted by molar-refractivity contribution is 5.89. The van der Waals surface area contributed by atoms with Crippen molar-refractivity contribution in [2.24, 2.45) is 11.8 Å². The molecule has 4 heteroatoms. The second kappa shape index (κ2) is 9.75. The molecule has 0 aromatic heterocycles. The third-order valence-corrected chi connectivity index (χ3v) is 6.38. The number of carbonyl (C=O) groups is 2. The molecule has 0 unspecified atom stereocenters. The quantitative estimate of drug-likeness (QED) is 0.268. The van der Waals surface area contributed by atoms with Crippen LogP contribution in [0.1, 0.15) is 23.0 Å². The van der Waals surface area contributed by atoms with E-state index in [0.29, 0.717) is 11.5 Å². The van der Waals surface area contributed by atoms with E-state index in [9.17, 15) is 9.59 Å². The van der Waals surface area contributed by atoms with Crippen LogP contribution in [-0.2, 0) is 9.59 Å². The van der Waals surface area contributed by atoms with Crippen LogP contribution in [0.5, 0.6) is 11.5 Å². The average Bonchev–Trinajstić information content (AvgIpc) is 2.86. The zero-order valence-corrected chi connectivity index (χ0v) is 18.5. The minimum Gasteiger partial charge on any atom is -0.426 e. The number of hydrogen-bond acceptors (Lipinski definition) is 4. The van der Waals surface area contributed by atoms with Crippen molar-refractivity contribution < 1.29 is 19.1 Å². The Hall–Kier alpha value is -4.18. The van der Waals surface area contributed by atoms with Crippen molar-refractivity contribution in [3.63, 3.8) is 0 Å². The van der Waals surface area contributed by atoms with Crippen molar-refractivity contribution in [3.8, 4) is 11.5 Å². The zero-order valence-electron chi connectivity index (χ0n) is 18.5. The van der Waals surface area contributed by atoms with Gasteiger partial charge in [0, 0.05) is 11.8 Å². The molecule has 0 saturated heterocycles. The molecule has 0 spiro atoms. The maximum absolute atomic E-state index is 13.5. The lowest BCUT2D eigenvalue weighted by Gasteiger charge is -2.49. The van der Waals surface area contributed by atoms with Crippen LogP contribution < -0.4 is 9.47 Å². The highest BCUT2D eigenvalue weighted by Gasteiger charge is 2.59. The Morgan fingerprint density at radius 3 is 1.06 bits per heavy atom. The van der Waals surface area contributed by atoms with Gasteiger partial charge in [0.25, 0.3) is 0 Å². The van der Waals surface area contributed by atoms with E-state index in [-0.39, 0.29) is 11.8 Å². The number of carbonyl (C=O) groups excluding carboxylic acids is 2. The van der Waals surface area contributed by atoms with E-state index >= 15 is 0 Å². The molecule has 5 rings (SSSR count). The Bertz CT molecular complexity index is 1140. The third kappa shape index (κ3) is 4.35. The molecule has 0 N–H and O–H groups in total. The second-order valence-corrected chi connectivity index (χ2v) is 8.39. The summed E-state index contributed by atoms with van der Waals surface area (Å²) in [6.07, 6.45) is 0. The fourth-order valence-electron chi connectivity index (χ4n) is 4.86. The molecule has 4 aromatic rings. The first-order valence-corrected chi connectivity index (χ1v) is 11.4. The molecule has 1 saturated carbocycles. The van der Waals surface area contributed by atoms with E-state index in [1.807, 2.05) is 97.1 Å². The largest absolute Gasteiger partial charge is 0.426 e. The molecule has 0 heterocycles. The molecule has 0 bridgehead atoms. The highest BCUT2D eigenvalue weighted by atomic mass is 16.5. The zero-order chi connectivity index (χ0) is 23.3. The molecule has 34 heavy (non-hydrogen) atoms. The summed E-state index contributed by atoms with van der Waals surface area (Å²) in [5, 5.41) is 0. The molecule has 4 aromatic carbocycles. The van der Waals surface area contributed by atoms with Crippen molar-refractivity contribution in [2.45, 2.75) is 11.8 Å². The van der Waals surface area contributed by atoms with Crippen LogP contribution in [-0.4, -0.2) is 11.9 Å². The van der Waals surface area contributed by atoms with Crippen molar-refractivity contribution in [2.75, 3.05) is 0 Å². The SMILES string of the molecule is O=C(Oc1ccccc1)[C@@H]1[C@H](C(=O)Oc2ccccc2)[C@@H](c2ccccc2)[C@H]1c1ccccc1. The number of rotatable bonds is 6. The van der Waals surface area contributed by atoms with Gasteiger partial charge in [-0.25, -0.2) is 0 Å². The smallest absolute Gasteiger partial charge is 0.315 e.